The molecule has 0 spiro atoms. The third kappa shape index (κ3) is 3.42. The molecule has 1 aromatic rings. The standard InChI is InChI=1S/C14H21NO2S/c1-9-6-11(12(17-5)7-10(9)2)14(3,4)8-15-13(16)18/h6-7H,8H2,1-5H3,(H2,15,16,18). The van der Waals surface area contributed by atoms with E-state index in [2.05, 4.69) is 51.7 Å². The number of carbonyl (C=O) groups excluding carboxylic acids is 1. The number of hydrogen-bond donors (Lipinski definition) is 2. The highest BCUT2D eigenvalue weighted by Crippen LogP contribution is 2.33. The van der Waals surface area contributed by atoms with Crippen molar-refractivity contribution in [3.05, 3.63) is 28.8 Å². The molecule has 0 aliphatic heterocycles. The van der Waals surface area contributed by atoms with Gasteiger partial charge in [0.1, 0.15) is 5.75 Å². The molecule has 100 valence electrons. The molecule has 1 rings (SSSR count). The summed E-state index contributed by atoms with van der Waals surface area (Å²) in [5.74, 6) is 0.858. The van der Waals surface area contributed by atoms with Crippen LogP contribution in [0.2, 0.25) is 0 Å². The summed E-state index contributed by atoms with van der Waals surface area (Å²) in [4.78, 5) is 10.9. The third-order valence-electron chi connectivity index (χ3n) is 3.23. The van der Waals surface area contributed by atoms with Gasteiger partial charge in [0.2, 0.25) is 0 Å². The van der Waals surface area contributed by atoms with Crippen molar-refractivity contribution >= 4 is 17.9 Å². The maximum atomic E-state index is 10.9. The number of nitrogens with one attached hydrogen (secondary N) is 1. The van der Waals surface area contributed by atoms with Crippen LogP contribution in [0.4, 0.5) is 4.79 Å². The number of thiol groups is 1. The Labute approximate surface area is 114 Å². The lowest BCUT2D eigenvalue weighted by molar-refractivity contribution is 0.258. The molecule has 0 fully saturated rings. The van der Waals surface area contributed by atoms with E-state index in [1.807, 2.05) is 6.07 Å². The molecule has 0 radical (unpaired) electrons. The molecule has 0 aromatic heterocycles. The highest BCUT2D eigenvalue weighted by atomic mass is 32.1. The molecule has 0 saturated carbocycles. The van der Waals surface area contributed by atoms with Gasteiger partial charge in [-0.2, -0.15) is 0 Å². The van der Waals surface area contributed by atoms with Crippen LogP contribution in [0.5, 0.6) is 5.75 Å². The van der Waals surface area contributed by atoms with Crippen molar-refractivity contribution in [1.29, 1.82) is 0 Å². The number of carbonyl (C=O) groups is 1. The number of amides is 1. The number of ether oxygens (including phenoxy) is 1. The van der Waals surface area contributed by atoms with Gasteiger partial charge < -0.3 is 10.1 Å². The van der Waals surface area contributed by atoms with E-state index in [1.54, 1.807) is 7.11 Å². The highest BCUT2D eigenvalue weighted by Gasteiger charge is 2.25. The zero-order chi connectivity index (χ0) is 13.9. The van der Waals surface area contributed by atoms with Crippen LogP contribution in [-0.4, -0.2) is 18.9 Å². The summed E-state index contributed by atoms with van der Waals surface area (Å²) >= 11 is 3.73. The van der Waals surface area contributed by atoms with Crippen molar-refractivity contribution in [2.45, 2.75) is 33.1 Å². The summed E-state index contributed by atoms with van der Waals surface area (Å²) in [6.07, 6.45) is 0. The van der Waals surface area contributed by atoms with E-state index in [0.717, 1.165) is 11.3 Å². The number of methoxy groups -OCH3 is 1. The SMILES string of the molecule is COc1cc(C)c(C)cc1C(C)(C)CNC(=O)S. The van der Waals surface area contributed by atoms with Crippen molar-refractivity contribution in [3.63, 3.8) is 0 Å². The second kappa shape index (κ2) is 5.65. The van der Waals surface area contributed by atoms with Crippen LogP contribution in [0, 0.1) is 13.8 Å². The van der Waals surface area contributed by atoms with Gasteiger partial charge in [-0.15, -0.1) is 0 Å². The largest absolute Gasteiger partial charge is 0.496 e. The van der Waals surface area contributed by atoms with E-state index in [9.17, 15) is 4.79 Å². The predicted octanol–water partition coefficient (Wildman–Crippen LogP) is 3.23. The minimum atomic E-state index is -0.314. The summed E-state index contributed by atoms with van der Waals surface area (Å²) < 4.78 is 5.44. The maximum absolute atomic E-state index is 10.9. The van der Waals surface area contributed by atoms with Crippen LogP contribution in [0.25, 0.3) is 0 Å². The van der Waals surface area contributed by atoms with Gasteiger partial charge in [-0.05, 0) is 31.0 Å². The molecule has 0 saturated heterocycles. The first kappa shape index (κ1) is 14.9. The molecule has 1 N–H and O–H groups in total. The average Bonchev–Trinajstić information content (AvgIpc) is 2.29. The van der Waals surface area contributed by atoms with Crippen molar-refractivity contribution in [1.82, 2.24) is 5.32 Å². The van der Waals surface area contributed by atoms with Crippen LogP contribution < -0.4 is 10.1 Å². The Balaban J connectivity index is 3.13. The first-order chi connectivity index (χ1) is 8.27. The summed E-state index contributed by atoms with van der Waals surface area (Å²) in [7, 11) is 1.67. The number of rotatable bonds is 4. The van der Waals surface area contributed by atoms with E-state index in [4.69, 9.17) is 4.74 Å². The van der Waals surface area contributed by atoms with Gasteiger partial charge >= 0.3 is 0 Å². The van der Waals surface area contributed by atoms with Crippen LogP contribution in [-0.2, 0) is 5.41 Å². The fraction of sp³-hybridized carbons (Fsp3) is 0.500. The van der Waals surface area contributed by atoms with Crippen molar-refractivity contribution in [2.75, 3.05) is 13.7 Å². The zero-order valence-electron chi connectivity index (χ0n) is 11.6. The molecule has 4 heteroatoms. The second-order valence-electron chi connectivity index (χ2n) is 5.18. The lowest BCUT2D eigenvalue weighted by Gasteiger charge is -2.28. The van der Waals surface area contributed by atoms with Crippen LogP contribution in [0.1, 0.15) is 30.5 Å². The van der Waals surface area contributed by atoms with Crippen molar-refractivity contribution in [2.24, 2.45) is 0 Å². The average molecular weight is 267 g/mol. The fourth-order valence-electron chi connectivity index (χ4n) is 1.88. The first-order valence-corrected chi connectivity index (χ1v) is 6.35. The van der Waals surface area contributed by atoms with E-state index in [0.29, 0.717) is 6.54 Å². The van der Waals surface area contributed by atoms with Gasteiger partial charge in [0.25, 0.3) is 5.24 Å². The van der Waals surface area contributed by atoms with Gasteiger partial charge in [-0.3, -0.25) is 4.79 Å². The first-order valence-electron chi connectivity index (χ1n) is 5.90. The molecule has 1 amide bonds. The molecule has 0 aliphatic carbocycles. The van der Waals surface area contributed by atoms with Gasteiger partial charge in [0.05, 0.1) is 7.11 Å². The monoisotopic (exact) mass is 267 g/mol. The predicted molar refractivity (Wildman–Crippen MR) is 77.9 cm³/mol. The Kier molecular flexibility index (Phi) is 4.68. The molecule has 1 aromatic carbocycles. The summed E-state index contributed by atoms with van der Waals surface area (Å²) in [6.45, 7) is 8.80. The number of aryl methyl sites for hydroxylation is 2. The lowest BCUT2D eigenvalue weighted by atomic mass is 9.82. The molecular weight excluding hydrogens is 246 g/mol. The molecule has 0 aliphatic rings. The number of hydrogen-bond acceptors (Lipinski definition) is 2. The highest BCUT2D eigenvalue weighted by molar-refractivity contribution is 7.96. The lowest BCUT2D eigenvalue weighted by Crippen LogP contribution is -2.34. The molecule has 3 nitrogen and oxygen atoms in total. The molecule has 0 atom stereocenters. The third-order valence-corrected chi connectivity index (χ3v) is 3.38. The Bertz CT molecular complexity index is 455. The van der Waals surface area contributed by atoms with Gasteiger partial charge in [0, 0.05) is 17.5 Å². The second-order valence-corrected chi connectivity index (χ2v) is 5.59. The molecule has 0 bridgehead atoms. The van der Waals surface area contributed by atoms with Gasteiger partial charge in [-0.1, -0.05) is 32.5 Å². The van der Waals surface area contributed by atoms with E-state index >= 15 is 0 Å². The smallest absolute Gasteiger partial charge is 0.276 e. The summed E-state index contributed by atoms with van der Waals surface area (Å²) in [6, 6.07) is 4.16. The molecular formula is C14H21NO2S. The van der Waals surface area contributed by atoms with E-state index in [-0.39, 0.29) is 10.7 Å². The van der Waals surface area contributed by atoms with Crippen molar-refractivity contribution < 1.29 is 9.53 Å². The Hall–Kier alpha value is -1.16. The van der Waals surface area contributed by atoms with Crippen LogP contribution >= 0.6 is 12.6 Å². The summed E-state index contributed by atoms with van der Waals surface area (Å²) in [5, 5.41) is 2.43. The quantitative estimate of drug-likeness (QED) is 0.822. The zero-order valence-corrected chi connectivity index (χ0v) is 12.5. The number of benzene rings is 1. The minimum absolute atomic E-state index is 0.206. The van der Waals surface area contributed by atoms with Crippen LogP contribution in [0.15, 0.2) is 12.1 Å². The van der Waals surface area contributed by atoms with Crippen LogP contribution in [0.3, 0.4) is 0 Å². The maximum Gasteiger partial charge on any atom is 0.276 e. The normalized spacial score (nSPS) is 11.2. The minimum Gasteiger partial charge on any atom is -0.496 e. The topological polar surface area (TPSA) is 38.3 Å². The van der Waals surface area contributed by atoms with Crippen molar-refractivity contribution in [3.8, 4) is 5.75 Å². The van der Waals surface area contributed by atoms with Gasteiger partial charge in [0.15, 0.2) is 0 Å². The molecule has 0 heterocycles. The Morgan fingerprint density at radius 3 is 2.39 bits per heavy atom. The Morgan fingerprint density at radius 1 is 1.33 bits per heavy atom. The van der Waals surface area contributed by atoms with E-state index < -0.39 is 0 Å². The summed E-state index contributed by atoms with van der Waals surface area (Å²) in [5.41, 5.74) is 3.30. The molecule has 18 heavy (non-hydrogen) atoms. The van der Waals surface area contributed by atoms with E-state index in [1.165, 1.54) is 11.1 Å². The molecule has 0 unspecified atom stereocenters. The Morgan fingerprint density at radius 2 is 1.89 bits per heavy atom. The fourth-order valence-corrected chi connectivity index (χ4v) is 1.96. The van der Waals surface area contributed by atoms with Gasteiger partial charge in [-0.25, -0.2) is 0 Å².